The molecule has 2 rings (SSSR count). The Morgan fingerprint density at radius 1 is 1.39 bits per heavy atom. The first-order valence-corrected chi connectivity index (χ1v) is 6.75. The first-order valence-electron chi connectivity index (χ1n) is 6.75. The summed E-state index contributed by atoms with van der Waals surface area (Å²) in [5, 5.41) is 3.07. The highest BCUT2D eigenvalue weighted by molar-refractivity contribution is 5.79. The summed E-state index contributed by atoms with van der Waals surface area (Å²) in [4.78, 5) is 12.0. The average Bonchev–Trinajstić information content (AvgIpc) is 3.22. The highest BCUT2D eigenvalue weighted by Crippen LogP contribution is 2.36. The third-order valence-electron chi connectivity index (χ3n) is 3.70. The van der Waals surface area contributed by atoms with E-state index < -0.39 is 0 Å². The summed E-state index contributed by atoms with van der Waals surface area (Å²) >= 11 is 0. The maximum absolute atomic E-state index is 12.0. The Kier molecular flexibility index (Phi) is 4.37. The molecule has 1 aromatic rings. The molecule has 3 nitrogen and oxygen atoms in total. The number of hydrogen-bond acceptors (Lipinski definition) is 2. The third kappa shape index (κ3) is 3.57. The van der Waals surface area contributed by atoms with Crippen LogP contribution in [0.2, 0.25) is 0 Å². The van der Waals surface area contributed by atoms with Gasteiger partial charge in [0.25, 0.3) is 0 Å². The van der Waals surface area contributed by atoms with Crippen molar-refractivity contribution in [2.75, 3.05) is 6.54 Å². The van der Waals surface area contributed by atoms with E-state index in [-0.39, 0.29) is 17.9 Å². The Labute approximate surface area is 109 Å². The van der Waals surface area contributed by atoms with Gasteiger partial charge in [-0.1, -0.05) is 37.3 Å². The zero-order chi connectivity index (χ0) is 13.0. The Bertz CT molecular complexity index is 387. The van der Waals surface area contributed by atoms with E-state index in [9.17, 15) is 4.79 Å². The van der Waals surface area contributed by atoms with E-state index >= 15 is 0 Å². The lowest BCUT2D eigenvalue weighted by atomic mass is 10.0. The Hall–Kier alpha value is -1.35. The van der Waals surface area contributed by atoms with Gasteiger partial charge in [0.05, 0.1) is 0 Å². The zero-order valence-corrected chi connectivity index (χ0v) is 10.9. The van der Waals surface area contributed by atoms with E-state index in [1.165, 1.54) is 18.4 Å². The summed E-state index contributed by atoms with van der Waals surface area (Å²) in [5.74, 6) is 0.888. The highest BCUT2D eigenvalue weighted by atomic mass is 16.1. The van der Waals surface area contributed by atoms with Crippen molar-refractivity contribution in [1.29, 1.82) is 0 Å². The summed E-state index contributed by atoms with van der Waals surface area (Å²) < 4.78 is 0. The van der Waals surface area contributed by atoms with Crippen molar-refractivity contribution in [3.05, 3.63) is 35.9 Å². The van der Waals surface area contributed by atoms with Crippen LogP contribution in [-0.4, -0.2) is 18.5 Å². The van der Waals surface area contributed by atoms with Crippen molar-refractivity contribution >= 4 is 5.91 Å². The van der Waals surface area contributed by atoms with Gasteiger partial charge in [0.15, 0.2) is 0 Å². The lowest BCUT2D eigenvalue weighted by molar-refractivity contribution is -0.125. The summed E-state index contributed by atoms with van der Waals surface area (Å²) in [6.07, 6.45) is 3.20. The largest absolute Gasteiger partial charge is 0.352 e. The van der Waals surface area contributed by atoms with E-state index in [1.807, 2.05) is 25.1 Å². The Morgan fingerprint density at radius 3 is 2.61 bits per heavy atom. The molecule has 18 heavy (non-hydrogen) atoms. The monoisotopic (exact) mass is 246 g/mol. The quantitative estimate of drug-likeness (QED) is 0.803. The number of rotatable bonds is 6. The third-order valence-corrected chi connectivity index (χ3v) is 3.70. The van der Waals surface area contributed by atoms with Gasteiger partial charge in [-0.25, -0.2) is 0 Å². The molecule has 1 amide bonds. The fraction of sp³-hybridized carbons (Fsp3) is 0.533. The molecule has 0 aliphatic heterocycles. The van der Waals surface area contributed by atoms with Gasteiger partial charge < -0.3 is 11.1 Å². The topological polar surface area (TPSA) is 55.1 Å². The molecule has 3 N–H and O–H groups in total. The van der Waals surface area contributed by atoms with Crippen LogP contribution in [0.4, 0.5) is 0 Å². The van der Waals surface area contributed by atoms with Gasteiger partial charge in [0.1, 0.15) is 0 Å². The molecule has 1 saturated carbocycles. The van der Waals surface area contributed by atoms with E-state index in [1.54, 1.807) is 0 Å². The fourth-order valence-electron chi connectivity index (χ4n) is 2.23. The average molecular weight is 246 g/mol. The van der Waals surface area contributed by atoms with Gasteiger partial charge in [0.2, 0.25) is 5.91 Å². The molecular weight excluding hydrogens is 224 g/mol. The minimum atomic E-state index is 0.0427. The van der Waals surface area contributed by atoms with Crippen molar-refractivity contribution in [1.82, 2.24) is 5.32 Å². The number of nitrogens with two attached hydrogens (primary N) is 1. The van der Waals surface area contributed by atoms with Gasteiger partial charge in [-0.15, -0.1) is 0 Å². The van der Waals surface area contributed by atoms with Crippen LogP contribution in [0.15, 0.2) is 30.3 Å². The number of benzene rings is 1. The molecule has 98 valence electrons. The summed E-state index contributed by atoms with van der Waals surface area (Å²) in [7, 11) is 0. The van der Waals surface area contributed by atoms with Gasteiger partial charge in [-0.05, 0) is 30.7 Å². The predicted molar refractivity (Wildman–Crippen MR) is 73.0 cm³/mol. The van der Waals surface area contributed by atoms with Crippen LogP contribution < -0.4 is 11.1 Å². The van der Waals surface area contributed by atoms with Crippen LogP contribution in [0.1, 0.15) is 25.3 Å². The SMILES string of the molecule is CC(C(=O)NC(CN)Cc1ccccc1)C1CC1. The second-order valence-electron chi connectivity index (χ2n) is 5.26. The van der Waals surface area contributed by atoms with E-state index in [4.69, 9.17) is 5.73 Å². The van der Waals surface area contributed by atoms with Crippen molar-refractivity contribution in [2.45, 2.75) is 32.2 Å². The summed E-state index contributed by atoms with van der Waals surface area (Å²) in [6.45, 7) is 2.50. The number of nitrogens with one attached hydrogen (secondary N) is 1. The lowest BCUT2D eigenvalue weighted by Gasteiger charge is -2.19. The second kappa shape index (κ2) is 6.01. The van der Waals surface area contributed by atoms with Crippen molar-refractivity contribution in [2.24, 2.45) is 17.6 Å². The van der Waals surface area contributed by atoms with Crippen molar-refractivity contribution < 1.29 is 4.79 Å². The van der Waals surface area contributed by atoms with Crippen LogP contribution in [0.5, 0.6) is 0 Å². The number of carbonyl (C=O) groups excluding carboxylic acids is 1. The molecular formula is C15H22N2O. The number of carbonyl (C=O) groups is 1. The Morgan fingerprint density at radius 2 is 2.06 bits per heavy atom. The standard InChI is InChI=1S/C15H22N2O/c1-11(13-7-8-13)15(18)17-14(10-16)9-12-5-3-2-4-6-12/h2-6,11,13-14H,7-10,16H2,1H3,(H,17,18). The maximum atomic E-state index is 12.0. The minimum absolute atomic E-state index is 0.0427. The van der Waals surface area contributed by atoms with Crippen LogP contribution >= 0.6 is 0 Å². The normalized spacial score (nSPS) is 18.1. The van der Waals surface area contributed by atoms with Gasteiger partial charge >= 0.3 is 0 Å². The summed E-state index contributed by atoms with van der Waals surface area (Å²) in [5.41, 5.74) is 6.96. The number of amides is 1. The van der Waals surface area contributed by atoms with E-state index in [0.29, 0.717) is 12.5 Å². The maximum Gasteiger partial charge on any atom is 0.223 e. The van der Waals surface area contributed by atoms with Gasteiger partial charge in [-0.3, -0.25) is 4.79 Å². The molecule has 1 aliphatic rings. The lowest BCUT2D eigenvalue weighted by Crippen LogP contribution is -2.44. The minimum Gasteiger partial charge on any atom is -0.352 e. The van der Waals surface area contributed by atoms with E-state index in [2.05, 4.69) is 17.4 Å². The van der Waals surface area contributed by atoms with Gasteiger partial charge in [0, 0.05) is 18.5 Å². The second-order valence-corrected chi connectivity index (χ2v) is 5.26. The number of hydrogen-bond donors (Lipinski definition) is 2. The molecule has 1 aromatic carbocycles. The van der Waals surface area contributed by atoms with Crippen LogP contribution in [0, 0.1) is 11.8 Å². The first-order chi connectivity index (χ1) is 8.70. The van der Waals surface area contributed by atoms with Crippen LogP contribution in [-0.2, 0) is 11.2 Å². The molecule has 0 bridgehead atoms. The molecule has 0 spiro atoms. The van der Waals surface area contributed by atoms with Crippen LogP contribution in [0.25, 0.3) is 0 Å². The van der Waals surface area contributed by atoms with Crippen molar-refractivity contribution in [3.8, 4) is 0 Å². The molecule has 1 fully saturated rings. The predicted octanol–water partition coefficient (Wildman–Crippen LogP) is 1.72. The highest BCUT2D eigenvalue weighted by Gasteiger charge is 2.33. The fourth-order valence-corrected chi connectivity index (χ4v) is 2.23. The first kappa shape index (κ1) is 13.1. The van der Waals surface area contributed by atoms with Crippen molar-refractivity contribution in [3.63, 3.8) is 0 Å². The smallest absolute Gasteiger partial charge is 0.223 e. The molecule has 2 atom stereocenters. The summed E-state index contributed by atoms with van der Waals surface area (Å²) in [6, 6.07) is 10.2. The zero-order valence-electron chi connectivity index (χ0n) is 10.9. The molecule has 3 heteroatoms. The molecule has 2 unspecified atom stereocenters. The van der Waals surface area contributed by atoms with Crippen LogP contribution in [0.3, 0.4) is 0 Å². The van der Waals surface area contributed by atoms with Gasteiger partial charge in [-0.2, -0.15) is 0 Å². The van der Waals surface area contributed by atoms with E-state index in [0.717, 1.165) is 6.42 Å². The molecule has 0 radical (unpaired) electrons. The Balaban J connectivity index is 1.86. The molecule has 0 saturated heterocycles. The molecule has 1 aliphatic carbocycles. The molecule has 0 aromatic heterocycles. The molecule has 0 heterocycles.